The molecule has 0 bridgehead atoms. The maximum Gasteiger partial charge on any atom is 0.341 e. The lowest BCUT2D eigenvalue weighted by Crippen LogP contribution is -2.28. The highest BCUT2D eigenvalue weighted by Gasteiger charge is 2.29. The fourth-order valence-corrected chi connectivity index (χ4v) is 3.94. The van der Waals surface area contributed by atoms with Gasteiger partial charge in [0, 0.05) is 49.6 Å². The summed E-state index contributed by atoms with van der Waals surface area (Å²) in [5.74, 6) is -0.702. The van der Waals surface area contributed by atoms with Gasteiger partial charge in [0.15, 0.2) is 5.43 Å². The lowest BCUT2D eigenvalue weighted by atomic mass is 10.0. The van der Waals surface area contributed by atoms with E-state index in [-0.39, 0.29) is 0 Å². The first kappa shape index (κ1) is 22.5. The molecule has 0 spiro atoms. The topological polar surface area (TPSA) is 87.0 Å². The molecule has 0 fully saturated rings. The number of pyridine rings is 1. The summed E-state index contributed by atoms with van der Waals surface area (Å²) in [5, 5.41) is 9.47. The average molecular weight is 453 g/mol. The van der Waals surface area contributed by atoms with Crippen molar-refractivity contribution in [3.63, 3.8) is 0 Å². The Balaban J connectivity index is 1.86. The first-order valence-electron chi connectivity index (χ1n) is 10.5. The predicted molar refractivity (Wildman–Crippen MR) is 120 cm³/mol. The number of nitrogens with zero attached hydrogens (tertiary/aromatic N) is 1. The molecule has 0 amide bonds. The Morgan fingerprint density at radius 1 is 1.15 bits per heavy atom. The molecule has 1 unspecified atom stereocenters. The van der Waals surface area contributed by atoms with E-state index in [2.05, 4.69) is 0 Å². The first-order valence-corrected chi connectivity index (χ1v) is 10.5. The number of halogens is 1. The summed E-state index contributed by atoms with van der Waals surface area (Å²) in [5.41, 5.74) is 2.10. The van der Waals surface area contributed by atoms with Crippen molar-refractivity contribution in [2.45, 2.75) is 26.5 Å². The normalized spacial score (nSPS) is 14.2. The number of fused-ring (bicyclic) bond motifs is 3. The molecule has 4 rings (SSSR count). The van der Waals surface area contributed by atoms with Crippen LogP contribution >= 0.6 is 0 Å². The van der Waals surface area contributed by atoms with Crippen LogP contribution in [0.2, 0.25) is 0 Å². The minimum atomic E-state index is -1.34. The number of benzene rings is 2. The molecule has 1 aromatic heterocycles. The molecule has 2 heterocycles. The zero-order chi connectivity index (χ0) is 23.7. The summed E-state index contributed by atoms with van der Waals surface area (Å²) < 4.78 is 32.9. The van der Waals surface area contributed by atoms with Gasteiger partial charge < -0.3 is 23.9 Å². The second-order valence-electron chi connectivity index (χ2n) is 7.99. The Morgan fingerprint density at radius 3 is 2.64 bits per heavy atom. The fraction of sp³-hybridized carbons (Fsp3) is 0.280. The maximum absolute atomic E-state index is 14.2. The van der Waals surface area contributed by atoms with Gasteiger partial charge in [-0.2, -0.15) is 0 Å². The van der Waals surface area contributed by atoms with Gasteiger partial charge in [-0.15, -0.1) is 0 Å². The van der Waals surface area contributed by atoms with Gasteiger partial charge in [0.05, 0.1) is 12.3 Å². The largest absolute Gasteiger partial charge is 0.493 e. The smallest absolute Gasteiger partial charge is 0.341 e. The van der Waals surface area contributed by atoms with E-state index in [1.165, 1.54) is 24.4 Å². The Bertz CT molecular complexity index is 1260. The number of rotatable bonds is 7. The zero-order valence-corrected chi connectivity index (χ0v) is 18.6. The van der Waals surface area contributed by atoms with Gasteiger partial charge in [-0.25, -0.2) is 9.18 Å². The van der Waals surface area contributed by atoms with Gasteiger partial charge in [0.1, 0.15) is 22.9 Å². The van der Waals surface area contributed by atoms with Gasteiger partial charge in [-0.1, -0.05) is 6.07 Å². The van der Waals surface area contributed by atoms with E-state index in [1.807, 2.05) is 13.0 Å². The molecule has 0 saturated heterocycles. The second kappa shape index (κ2) is 9.07. The molecule has 1 aliphatic heterocycles. The molecular formula is C25H24FNO6. The lowest BCUT2D eigenvalue weighted by molar-refractivity contribution is 0.0693. The molecule has 0 aliphatic carbocycles. The van der Waals surface area contributed by atoms with Gasteiger partial charge in [-0.05, 0) is 43.2 Å². The maximum atomic E-state index is 14.2. The summed E-state index contributed by atoms with van der Waals surface area (Å²) in [7, 11) is 1.63. The van der Waals surface area contributed by atoms with Crippen LogP contribution in [0.5, 0.6) is 11.5 Å². The Morgan fingerprint density at radius 2 is 1.94 bits per heavy atom. The molecule has 7 nitrogen and oxygen atoms in total. The third-order valence-corrected chi connectivity index (χ3v) is 5.45. The van der Waals surface area contributed by atoms with E-state index >= 15 is 0 Å². The van der Waals surface area contributed by atoms with Crippen LogP contribution in [0.25, 0.3) is 11.3 Å². The number of methoxy groups -OCH3 is 1. The van der Waals surface area contributed by atoms with Crippen molar-refractivity contribution < 1.29 is 28.5 Å². The minimum Gasteiger partial charge on any atom is -0.493 e. The van der Waals surface area contributed by atoms with Crippen molar-refractivity contribution in [2.24, 2.45) is 0 Å². The van der Waals surface area contributed by atoms with Crippen molar-refractivity contribution in [3.05, 3.63) is 80.9 Å². The number of aromatic nitrogens is 1. The number of carbonyl (C=O) groups is 1. The summed E-state index contributed by atoms with van der Waals surface area (Å²) in [6.07, 6.45) is 1.10. The van der Waals surface area contributed by atoms with E-state index in [9.17, 15) is 19.1 Å². The Hall–Kier alpha value is -3.65. The van der Waals surface area contributed by atoms with Gasteiger partial charge in [0.25, 0.3) is 0 Å². The molecule has 0 radical (unpaired) electrons. The summed E-state index contributed by atoms with van der Waals surface area (Å²) in [6.45, 7) is 4.66. The van der Waals surface area contributed by atoms with Crippen molar-refractivity contribution in [2.75, 3.05) is 20.3 Å². The second-order valence-corrected chi connectivity index (χ2v) is 7.99. The van der Waals surface area contributed by atoms with Crippen molar-refractivity contribution >= 4 is 5.97 Å². The van der Waals surface area contributed by atoms with Gasteiger partial charge in [-0.3, -0.25) is 4.79 Å². The monoisotopic (exact) mass is 453 g/mol. The molecule has 8 heteroatoms. The van der Waals surface area contributed by atoms with Crippen LogP contribution in [-0.4, -0.2) is 36.0 Å². The quantitative estimate of drug-likeness (QED) is 0.536. The van der Waals surface area contributed by atoms with Crippen LogP contribution in [0.1, 0.15) is 39.7 Å². The summed E-state index contributed by atoms with van der Waals surface area (Å²) in [4.78, 5) is 24.1. The van der Waals surface area contributed by atoms with E-state index in [4.69, 9.17) is 14.2 Å². The third kappa shape index (κ3) is 4.47. The van der Waals surface area contributed by atoms with Crippen LogP contribution in [0.15, 0.2) is 47.4 Å². The molecule has 0 saturated carbocycles. The molecule has 1 atom stereocenters. The van der Waals surface area contributed by atoms with Crippen LogP contribution in [0, 0.1) is 19.7 Å². The van der Waals surface area contributed by atoms with E-state index in [1.54, 1.807) is 30.7 Å². The first-order chi connectivity index (χ1) is 15.8. The number of hydrogen-bond donors (Lipinski definition) is 1. The number of hydrogen-bond acceptors (Lipinski definition) is 5. The molecule has 3 aromatic rings. The number of carboxylic acid groups (broad SMARTS) is 1. The van der Waals surface area contributed by atoms with Gasteiger partial charge >= 0.3 is 5.97 Å². The van der Waals surface area contributed by atoms with Crippen LogP contribution in [-0.2, 0) is 4.74 Å². The molecule has 172 valence electrons. The van der Waals surface area contributed by atoms with Crippen LogP contribution < -0.4 is 14.9 Å². The van der Waals surface area contributed by atoms with E-state index in [0.29, 0.717) is 47.1 Å². The molecule has 33 heavy (non-hydrogen) atoms. The third-order valence-electron chi connectivity index (χ3n) is 5.45. The van der Waals surface area contributed by atoms with E-state index in [0.717, 1.165) is 12.0 Å². The van der Waals surface area contributed by atoms with Crippen molar-refractivity contribution in [1.29, 1.82) is 0 Å². The Labute approximate surface area is 190 Å². The Kier molecular flexibility index (Phi) is 6.20. The van der Waals surface area contributed by atoms with Gasteiger partial charge in [0.2, 0.25) is 6.23 Å². The molecule has 2 aromatic carbocycles. The summed E-state index contributed by atoms with van der Waals surface area (Å²) in [6, 6.07) is 9.35. The van der Waals surface area contributed by atoms with Crippen LogP contribution in [0.4, 0.5) is 4.39 Å². The minimum absolute atomic E-state index is 0.390. The molecule has 1 N–H and O–H groups in total. The number of ether oxygens (including phenoxy) is 3. The summed E-state index contributed by atoms with van der Waals surface area (Å²) >= 11 is 0. The highest BCUT2D eigenvalue weighted by Crippen LogP contribution is 2.43. The molecule has 1 aliphatic rings. The number of aromatic carboxylic acids is 1. The highest BCUT2D eigenvalue weighted by molar-refractivity contribution is 5.88. The molecular weight excluding hydrogens is 429 g/mol. The number of aryl methyl sites for hydroxylation is 2. The highest BCUT2D eigenvalue weighted by atomic mass is 19.1. The van der Waals surface area contributed by atoms with Crippen molar-refractivity contribution in [1.82, 2.24) is 4.57 Å². The zero-order valence-electron chi connectivity index (χ0n) is 18.6. The van der Waals surface area contributed by atoms with Crippen molar-refractivity contribution in [3.8, 4) is 22.8 Å². The van der Waals surface area contributed by atoms with Crippen LogP contribution in [0.3, 0.4) is 0 Å². The lowest BCUT2D eigenvalue weighted by Gasteiger charge is -2.32. The fourth-order valence-electron chi connectivity index (χ4n) is 3.94. The predicted octanol–water partition coefficient (Wildman–Crippen LogP) is 4.32. The number of carboxylic acids is 1. The standard InChI is InChI=1S/C25H24FNO6/c1-14-7-16(10-17(26)8-14)24-27-13-19(25(29)30)21(28)11-20(27)18-9-15(2)22(12-23(18)33-24)32-6-4-5-31-3/h7-13,24H,4-6H2,1-3H3,(H,29,30). The SMILES string of the molecule is COCCCOc1cc2c(cc1C)-c1cc(=O)c(C(=O)O)cn1C(c1cc(C)cc(F)c1)O2. The average Bonchev–Trinajstić information content (AvgIpc) is 2.75. The van der Waals surface area contributed by atoms with E-state index < -0.39 is 29.0 Å².